The minimum absolute atomic E-state index is 0. The van der Waals surface area contributed by atoms with Crippen molar-refractivity contribution >= 4 is 18.4 Å². The number of halogens is 3. The van der Waals surface area contributed by atoms with Gasteiger partial charge in [0, 0.05) is 11.6 Å². The van der Waals surface area contributed by atoms with E-state index in [-0.39, 0.29) is 30.3 Å². The molecule has 0 amide bonds. The molecule has 0 saturated heterocycles. The summed E-state index contributed by atoms with van der Waals surface area (Å²) in [5.74, 6) is -2.30. The number of phenolic OH excluding ortho intramolecular Hbond substituents is 1. The summed E-state index contributed by atoms with van der Waals surface area (Å²) in [6.45, 7) is 1.54. The zero-order valence-corrected chi connectivity index (χ0v) is 10.4. The fraction of sp³-hybridized carbons (Fsp3) is 0.364. The second-order valence-corrected chi connectivity index (χ2v) is 3.39. The number of carbonyl (C=O) groups is 1. The SMILES string of the molecule is CCOC(=O)C(F)[C@H](N)c1ccc(O)cc1F.Cl. The van der Waals surface area contributed by atoms with Gasteiger partial charge in [-0.05, 0) is 13.0 Å². The van der Waals surface area contributed by atoms with Crippen LogP contribution in [0.25, 0.3) is 0 Å². The van der Waals surface area contributed by atoms with Crippen molar-refractivity contribution in [3.8, 4) is 5.75 Å². The van der Waals surface area contributed by atoms with Crippen LogP contribution in [0, 0.1) is 5.82 Å². The molecular weight excluding hydrogens is 268 g/mol. The normalized spacial score (nSPS) is 13.3. The number of phenols is 1. The lowest BCUT2D eigenvalue weighted by Crippen LogP contribution is -2.32. The minimum Gasteiger partial charge on any atom is -0.508 e. The molecule has 0 heterocycles. The second kappa shape index (κ2) is 7.13. The number of hydrogen-bond donors (Lipinski definition) is 2. The van der Waals surface area contributed by atoms with E-state index in [0.29, 0.717) is 0 Å². The van der Waals surface area contributed by atoms with E-state index in [1.165, 1.54) is 6.92 Å². The summed E-state index contributed by atoms with van der Waals surface area (Å²) >= 11 is 0. The van der Waals surface area contributed by atoms with Crippen molar-refractivity contribution in [2.75, 3.05) is 6.61 Å². The van der Waals surface area contributed by atoms with Crippen LogP contribution in [0.5, 0.6) is 5.75 Å². The summed E-state index contributed by atoms with van der Waals surface area (Å²) in [5, 5.41) is 8.99. The molecule has 1 aromatic rings. The molecular formula is C11H14ClF2NO3. The third-order valence-electron chi connectivity index (χ3n) is 2.17. The Balaban J connectivity index is 0.00000289. The first-order valence-electron chi connectivity index (χ1n) is 5.02. The molecule has 1 rings (SSSR count). The van der Waals surface area contributed by atoms with Gasteiger partial charge in [0.05, 0.1) is 12.6 Å². The van der Waals surface area contributed by atoms with Crippen molar-refractivity contribution in [2.45, 2.75) is 19.1 Å². The third kappa shape index (κ3) is 3.82. The Bertz CT molecular complexity index is 417. The van der Waals surface area contributed by atoms with Crippen molar-refractivity contribution in [3.63, 3.8) is 0 Å². The third-order valence-corrected chi connectivity index (χ3v) is 2.17. The summed E-state index contributed by atoms with van der Waals surface area (Å²) in [4.78, 5) is 11.1. The van der Waals surface area contributed by atoms with Crippen LogP contribution in [0.4, 0.5) is 8.78 Å². The van der Waals surface area contributed by atoms with Crippen molar-refractivity contribution in [3.05, 3.63) is 29.6 Å². The molecule has 1 aromatic carbocycles. The average Bonchev–Trinajstić information content (AvgIpc) is 2.27. The molecule has 0 bridgehead atoms. The van der Waals surface area contributed by atoms with Gasteiger partial charge >= 0.3 is 5.97 Å². The van der Waals surface area contributed by atoms with Crippen LogP contribution >= 0.6 is 12.4 Å². The lowest BCUT2D eigenvalue weighted by atomic mass is 10.0. The van der Waals surface area contributed by atoms with Crippen LogP contribution in [-0.4, -0.2) is 23.9 Å². The van der Waals surface area contributed by atoms with Crippen molar-refractivity contribution in [1.82, 2.24) is 0 Å². The van der Waals surface area contributed by atoms with Crippen molar-refractivity contribution < 1.29 is 23.4 Å². The number of benzene rings is 1. The Morgan fingerprint density at radius 3 is 2.67 bits per heavy atom. The molecule has 0 aliphatic rings. The van der Waals surface area contributed by atoms with Crippen molar-refractivity contribution in [1.29, 1.82) is 0 Å². The quantitative estimate of drug-likeness (QED) is 0.826. The first-order valence-corrected chi connectivity index (χ1v) is 5.02. The summed E-state index contributed by atoms with van der Waals surface area (Å²) in [5.41, 5.74) is 5.23. The van der Waals surface area contributed by atoms with E-state index >= 15 is 0 Å². The summed E-state index contributed by atoms with van der Waals surface area (Å²) in [6.07, 6.45) is -2.14. The number of hydrogen-bond acceptors (Lipinski definition) is 4. The molecule has 1 unspecified atom stereocenters. The molecule has 2 atom stereocenters. The maximum atomic E-state index is 13.5. The molecule has 102 valence electrons. The van der Waals surface area contributed by atoms with Gasteiger partial charge in [-0.25, -0.2) is 13.6 Å². The maximum Gasteiger partial charge on any atom is 0.342 e. The Morgan fingerprint density at radius 2 is 2.17 bits per heavy atom. The van der Waals surface area contributed by atoms with E-state index in [1.807, 2.05) is 0 Å². The predicted octanol–water partition coefficient (Wildman–Crippen LogP) is 1.85. The number of aromatic hydroxyl groups is 1. The molecule has 0 saturated carbocycles. The van der Waals surface area contributed by atoms with E-state index in [4.69, 9.17) is 10.8 Å². The van der Waals surface area contributed by atoms with E-state index in [9.17, 15) is 13.6 Å². The summed E-state index contributed by atoms with van der Waals surface area (Å²) < 4.78 is 31.3. The highest BCUT2D eigenvalue weighted by atomic mass is 35.5. The number of rotatable bonds is 4. The Morgan fingerprint density at radius 1 is 1.56 bits per heavy atom. The predicted molar refractivity (Wildman–Crippen MR) is 63.8 cm³/mol. The topological polar surface area (TPSA) is 72.5 Å². The molecule has 18 heavy (non-hydrogen) atoms. The number of carbonyl (C=O) groups excluding carboxylic acids is 1. The Hall–Kier alpha value is -1.40. The molecule has 0 radical (unpaired) electrons. The first-order chi connectivity index (χ1) is 7.97. The first kappa shape index (κ1) is 16.6. The average molecular weight is 282 g/mol. The highest BCUT2D eigenvalue weighted by Gasteiger charge is 2.29. The van der Waals surface area contributed by atoms with Gasteiger partial charge in [-0.1, -0.05) is 6.07 Å². The zero-order chi connectivity index (χ0) is 13.0. The van der Waals surface area contributed by atoms with E-state index in [1.54, 1.807) is 0 Å². The van der Waals surface area contributed by atoms with Gasteiger partial charge in [0.2, 0.25) is 6.17 Å². The summed E-state index contributed by atoms with van der Waals surface area (Å²) in [7, 11) is 0. The monoisotopic (exact) mass is 281 g/mol. The molecule has 4 nitrogen and oxygen atoms in total. The van der Waals surface area contributed by atoms with Crippen LogP contribution in [0.3, 0.4) is 0 Å². The maximum absolute atomic E-state index is 13.5. The van der Waals surface area contributed by atoms with E-state index < -0.39 is 24.0 Å². The molecule has 0 spiro atoms. The molecule has 7 heteroatoms. The number of alkyl halides is 1. The second-order valence-electron chi connectivity index (χ2n) is 3.39. The number of nitrogens with two attached hydrogens (primary N) is 1. The molecule has 3 N–H and O–H groups in total. The molecule has 0 aliphatic carbocycles. The molecule has 0 fully saturated rings. The van der Waals surface area contributed by atoms with Crippen LogP contribution in [0.15, 0.2) is 18.2 Å². The molecule has 0 aromatic heterocycles. The fourth-order valence-electron chi connectivity index (χ4n) is 1.31. The highest BCUT2D eigenvalue weighted by Crippen LogP contribution is 2.23. The molecule has 0 aliphatic heterocycles. The van der Waals surface area contributed by atoms with Gasteiger partial charge in [0.1, 0.15) is 11.6 Å². The van der Waals surface area contributed by atoms with Crippen molar-refractivity contribution in [2.24, 2.45) is 5.73 Å². The lowest BCUT2D eigenvalue weighted by Gasteiger charge is -2.16. The van der Waals surface area contributed by atoms with Gasteiger partial charge < -0.3 is 15.6 Å². The zero-order valence-electron chi connectivity index (χ0n) is 9.60. The minimum atomic E-state index is -2.14. The van der Waals surface area contributed by atoms with Gasteiger partial charge in [0.15, 0.2) is 0 Å². The lowest BCUT2D eigenvalue weighted by molar-refractivity contribution is -0.149. The van der Waals surface area contributed by atoms with Crippen LogP contribution in [-0.2, 0) is 9.53 Å². The largest absolute Gasteiger partial charge is 0.508 e. The number of esters is 1. The Kier molecular flexibility index (Phi) is 6.57. The van der Waals surface area contributed by atoms with E-state index in [2.05, 4.69) is 4.74 Å². The van der Waals surface area contributed by atoms with Gasteiger partial charge in [-0.2, -0.15) is 0 Å². The standard InChI is InChI=1S/C11H13F2NO3.ClH/c1-2-17-11(16)9(13)10(14)7-4-3-6(15)5-8(7)12;/h3-5,9-10,15H,2,14H2,1H3;1H/t9?,10-;/m1./s1. The van der Waals surface area contributed by atoms with Gasteiger partial charge in [0.25, 0.3) is 0 Å². The highest BCUT2D eigenvalue weighted by molar-refractivity contribution is 5.85. The van der Waals surface area contributed by atoms with Crippen LogP contribution < -0.4 is 5.73 Å². The number of ether oxygens (including phenoxy) is 1. The Labute approximate surface area is 109 Å². The van der Waals surface area contributed by atoms with Gasteiger partial charge in [-0.15, -0.1) is 12.4 Å². The van der Waals surface area contributed by atoms with Crippen LogP contribution in [0.2, 0.25) is 0 Å². The van der Waals surface area contributed by atoms with E-state index in [0.717, 1.165) is 18.2 Å². The summed E-state index contributed by atoms with van der Waals surface area (Å²) in [6, 6.07) is 1.62. The smallest absolute Gasteiger partial charge is 0.342 e. The fourth-order valence-corrected chi connectivity index (χ4v) is 1.31. The van der Waals surface area contributed by atoms with Crippen LogP contribution in [0.1, 0.15) is 18.5 Å². The van der Waals surface area contributed by atoms with Gasteiger partial charge in [-0.3, -0.25) is 0 Å².